The van der Waals surface area contributed by atoms with E-state index in [9.17, 15) is 9.59 Å². The number of carboxylic acids is 1. The number of carbonyl (C=O) groups excluding carboxylic acids is 1. The van der Waals surface area contributed by atoms with Gasteiger partial charge in [-0.1, -0.05) is 6.07 Å². The van der Waals surface area contributed by atoms with Crippen LogP contribution in [0.25, 0.3) is 0 Å². The van der Waals surface area contributed by atoms with Crippen molar-refractivity contribution in [2.45, 2.75) is 25.3 Å². The van der Waals surface area contributed by atoms with Gasteiger partial charge in [0.15, 0.2) is 0 Å². The van der Waals surface area contributed by atoms with Gasteiger partial charge in [0.25, 0.3) is 0 Å². The molecule has 2 aliphatic rings. The summed E-state index contributed by atoms with van der Waals surface area (Å²) in [5.41, 5.74) is 1.04. The molecule has 1 aromatic heterocycles. The molecule has 19 heavy (non-hydrogen) atoms. The van der Waals surface area contributed by atoms with Gasteiger partial charge >= 0.3 is 5.97 Å². The van der Waals surface area contributed by atoms with Crippen molar-refractivity contribution in [2.24, 2.45) is 11.8 Å². The van der Waals surface area contributed by atoms with E-state index < -0.39 is 11.9 Å². The maximum absolute atomic E-state index is 12.3. The third-order valence-corrected chi connectivity index (χ3v) is 4.03. The zero-order chi connectivity index (χ0) is 13.4. The fourth-order valence-electron chi connectivity index (χ4n) is 2.90. The van der Waals surface area contributed by atoms with Crippen LogP contribution >= 0.6 is 0 Å². The third kappa shape index (κ3) is 2.20. The molecule has 3 atom stereocenters. The van der Waals surface area contributed by atoms with Gasteiger partial charge in [-0.2, -0.15) is 0 Å². The number of hydrogen-bond acceptors (Lipinski definition) is 3. The molecule has 1 aliphatic carbocycles. The van der Waals surface area contributed by atoms with Crippen LogP contribution in [-0.2, 0) is 9.59 Å². The van der Waals surface area contributed by atoms with Crippen molar-refractivity contribution in [1.82, 2.24) is 9.88 Å². The van der Waals surface area contributed by atoms with E-state index in [0.29, 0.717) is 6.42 Å². The molecular formula is C14H16N2O3. The van der Waals surface area contributed by atoms with Gasteiger partial charge in [0.1, 0.15) is 0 Å². The molecule has 2 fully saturated rings. The molecule has 5 heteroatoms. The second kappa shape index (κ2) is 4.64. The van der Waals surface area contributed by atoms with Crippen LogP contribution in [0.4, 0.5) is 0 Å². The summed E-state index contributed by atoms with van der Waals surface area (Å²) in [6.45, 7) is 0.723. The van der Waals surface area contributed by atoms with Gasteiger partial charge in [-0.25, -0.2) is 0 Å². The molecule has 1 unspecified atom stereocenters. The number of likely N-dealkylation sites (tertiary alicyclic amines) is 1. The Kier molecular flexibility index (Phi) is 2.97. The maximum atomic E-state index is 12.3. The van der Waals surface area contributed by atoms with Gasteiger partial charge in [-0.05, 0) is 30.9 Å². The van der Waals surface area contributed by atoms with Crippen LogP contribution in [0.2, 0.25) is 0 Å². The number of rotatable bonds is 3. The van der Waals surface area contributed by atoms with Crippen LogP contribution in [0.15, 0.2) is 24.5 Å². The molecule has 1 saturated carbocycles. The summed E-state index contributed by atoms with van der Waals surface area (Å²) in [7, 11) is 0. The third-order valence-electron chi connectivity index (χ3n) is 4.03. The Morgan fingerprint density at radius 3 is 2.84 bits per heavy atom. The lowest BCUT2D eigenvalue weighted by Crippen LogP contribution is -2.32. The molecule has 1 saturated heterocycles. The predicted octanol–water partition coefficient (Wildman–Crippen LogP) is 1.47. The zero-order valence-corrected chi connectivity index (χ0v) is 10.5. The average molecular weight is 260 g/mol. The highest BCUT2D eigenvalue weighted by Gasteiger charge is 2.51. The molecule has 0 radical (unpaired) electrons. The number of pyridine rings is 1. The first kappa shape index (κ1) is 12.1. The molecule has 0 aromatic carbocycles. The van der Waals surface area contributed by atoms with Crippen LogP contribution < -0.4 is 0 Å². The molecule has 2 heterocycles. The Bertz CT molecular complexity index is 503. The van der Waals surface area contributed by atoms with Crippen LogP contribution in [0.3, 0.4) is 0 Å². The Balaban J connectivity index is 1.74. The fraction of sp³-hybridized carbons (Fsp3) is 0.500. The molecule has 100 valence electrons. The Labute approximate surface area is 111 Å². The van der Waals surface area contributed by atoms with E-state index in [1.54, 1.807) is 12.4 Å². The first-order chi connectivity index (χ1) is 9.18. The number of carboxylic acid groups (broad SMARTS) is 1. The van der Waals surface area contributed by atoms with Gasteiger partial charge in [-0.15, -0.1) is 0 Å². The standard InChI is InChI=1S/C14H16N2O3/c17-13(10-7-11(10)14(18)19)16-6-2-4-12(16)9-3-1-5-15-8-9/h1,3,5,8,10-12H,2,4,6-7H2,(H,18,19)/t10-,11+,12?/m1/s1. The molecule has 5 nitrogen and oxygen atoms in total. The SMILES string of the molecule is O=C(O)[C@H]1C[C@H]1C(=O)N1CCCC1c1cccnc1. The summed E-state index contributed by atoms with van der Waals surface area (Å²) < 4.78 is 0. The first-order valence-electron chi connectivity index (χ1n) is 6.61. The van der Waals surface area contributed by atoms with Crippen molar-refractivity contribution in [3.63, 3.8) is 0 Å². The lowest BCUT2D eigenvalue weighted by Gasteiger charge is -2.25. The molecule has 3 rings (SSSR count). The van der Waals surface area contributed by atoms with E-state index in [0.717, 1.165) is 24.9 Å². The predicted molar refractivity (Wildman–Crippen MR) is 67.2 cm³/mol. The highest BCUT2D eigenvalue weighted by molar-refractivity contribution is 5.89. The van der Waals surface area contributed by atoms with Gasteiger partial charge in [0, 0.05) is 18.9 Å². The molecule has 1 amide bonds. The van der Waals surface area contributed by atoms with Crippen molar-refractivity contribution in [3.8, 4) is 0 Å². The molecule has 0 bridgehead atoms. The lowest BCUT2D eigenvalue weighted by atomic mass is 10.1. The highest BCUT2D eigenvalue weighted by Crippen LogP contribution is 2.43. The van der Waals surface area contributed by atoms with E-state index >= 15 is 0 Å². The van der Waals surface area contributed by atoms with E-state index in [1.165, 1.54) is 0 Å². The largest absolute Gasteiger partial charge is 0.481 e. The second-order valence-electron chi connectivity index (χ2n) is 5.26. The van der Waals surface area contributed by atoms with Crippen molar-refractivity contribution >= 4 is 11.9 Å². The first-order valence-corrected chi connectivity index (χ1v) is 6.61. The average Bonchev–Trinajstić information content (AvgIpc) is 3.08. The number of carbonyl (C=O) groups is 2. The summed E-state index contributed by atoms with van der Waals surface area (Å²) in [5.74, 6) is -1.63. The number of amides is 1. The summed E-state index contributed by atoms with van der Waals surface area (Å²) >= 11 is 0. The van der Waals surface area contributed by atoms with E-state index in [-0.39, 0.29) is 17.9 Å². The Morgan fingerprint density at radius 2 is 2.21 bits per heavy atom. The molecule has 1 N–H and O–H groups in total. The van der Waals surface area contributed by atoms with Crippen LogP contribution in [0, 0.1) is 11.8 Å². The number of nitrogens with zero attached hydrogens (tertiary/aromatic N) is 2. The van der Waals surface area contributed by atoms with Gasteiger partial charge < -0.3 is 10.0 Å². The molecular weight excluding hydrogens is 244 g/mol. The van der Waals surface area contributed by atoms with Crippen LogP contribution in [0.5, 0.6) is 0 Å². The second-order valence-corrected chi connectivity index (χ2v) is 5.26. The maximum Gasteiger partial charge on any atom is 0.307 e. The molecule has 1 aliphatic heterocycles. The monoisotopic (exact) mass is 260 g/mol. The van der Waals surface area contributed by atoms with Crippen molar-refractivity contribution < 1.29 is 14.7 Å². The van der Waals surface area contributed by atoms with Crippen LogP contribution in [0.1, 0.15) is 30.9 Å². The Morgan fingerprint density at radius 1 is 1.37 bits per heavy atom. The van der Waals surface area contributed by atoms with E-state index in [1.807, 2.05) is 17.0 Å². The molecule has 0 spiro atoms. The van der Waals surface area contributed by atoms with Crippen molar-refractivity contribution in [3.05, 3.63) is 30.1 Å². The van der Waals surface area contributed by atoms with Gasteiger partial charge in [0.2, 0.25) is 5.91 Å². The summed E-state index contributed by atoms with van der Waals surface area (Å²) in [5, 5.41) is 8.92. The normalized spacial score (nSPS) is 29.3. The van der Waals surface area contributed by atoms with Crippen molar-refractivity contribution in [2.75, 3.05) is 6.54 Å². The van der Waals surface area contributed by atoms with Gasteiger partial charge in [-0.3, -0.25) is 14.6 Å². The minimum absolute atomic E-state index is 0.00115. The number of hydrogen-bond donors (Lipinski definition) is 1. The molecule has 1 aromatic rings. The lowest BCUT2D eigenvalue weighted by molar-refractivity contribution is -0.142. The van der Waals surface area contributed by atoms with E-state index in [2.05, 4.69) is 4.98 Å². The number of aliphatic carboxylic acids is 1. The minimum atomic E-state index is -0.851. The Hall–Kier alpha value is -1.91. The fourth-order valence-corrected chi connectivity index (χ4v) is 2.90. The highest BCUT2D eigenvalue weighted by atomic mass is 16.4. The van der Waals surface area contributed by atoms with E-state index in [4.69, 9.17) is 5.11 Å². The van der Waals surface area contributed by atoms with Crippen LogP contribution in [-0.4, -0.2) is 33.4 Å². The summed E-state index contributed by atoms with van der Waals surface area (Å²) in [6, 6.07) is 3.91. The topological polar surface area (TPSA) is 70.5 Å². The van der Waals surface area contributed by atoms with Crippen molar-refractivity contribution in [1.29, 1.82) is 0 Å². The smallest absolute Gasteiger partial charge is 0.307 e. The number of aromatic nitrogens is 1. The minimum Gasteiger partial charge on any atom is -0.481 e. The zero-order valence-electron chi connectivity index (χ0n) is 10.5. The van der Waals surface area contributed by atoms with Gasteiger partial charge in [0.05, 0.1) is 17.9 Å². The quantitative estimate of drug-likeness (QED) is 0.893. The summed E-state index contributed by atoms with van der Waals surface area (Å²) in [6.07, 6.45) is 5.89. The summed E-state index contributed by atoms with van der Waals surface area (Å²) in [4.78, 5) is 29.1.